The van der Waals surface area contributed by atoms with Crippen LogP contribution in [-0.4, -0.2) is 16.9 Å². The van der Waals surface area contributed by atoms with Crippen molar-refractivity contribution in [3.05, 3.63) is 0 Å². The molecular formula is C10H16O3. The van der Waals surface area contributed by atoms with Gasteiger partial charge < -0.3 is 5.11 Å². The van der Waals surface area contributed by atoms with Gasteiger partial charge in [0.05, 0.1) is 5.92 Å². The Hall–Kier alpha value is -0.860. The second-order valence-corrected chi connectivity index (χ2v) is 3.66. The van der Waals surface area contributed by atoms with E-state index in [4.69, 9.17) is 5.11 Å². The van der Waals surface area contributed by atoms with E-state index in [0.29, 0.717) is 12.8 Å². The maximum absolute atomic E-state index is 11.4. The van der Waals surface area contributed by atoms with E-state index in [-0.39, 0.29) is 11.7 Å². The molecular weight excluding hydrogens is 168 g/mol. The Kier molecular flexibility index (Phi) is 3.46. The van der Waals surface area contributed by atoms with Gasteiger partial charge >= 0.3 is 5.97 Å². The summed E-state index contributed by atoms with van der Waals surface area (Å²) >= 11 is 0. The third kappa shape index (κ3) is 2.29. The van der Waals surface area contributed by atoms with Crippen LogP contribution < -0.4 is 0 Å². The number of Topliss-reactive ketones (excluding diaryl/α,β-unsaturated/α-hetero) is 1. The molecule has 1 N–H and O–H groups in total. The summed E-state index contributed by atoms with van der Waals surface area (Å²) in [7, 11) is 0. The molecule has 0 aromatic heterocycles. The van der Waals surface area contributed by atoms with Crippen molar-refractivity contribution >= 4 is 11.8 Å². The molecule has 1 aliphatic carbocycles. The largest absolute Gasteiger partial charge is 0.481 e. The normalized spacial score (nSPS) is 28.4. The van der Waals surface area contributed by atoms with Gasteiger partial charge in [0, 0.05) is 12.3 Å². The lowest BCUT2D eigenvalue weighted by Crippen LogP contribution is -2.32. The third-order valence-corrected chi connectivity index (χ3v) is 2.85. The second-order valence-electron chi connectivity index (χ2n) is 3.66. The van der Waals surface area contributed by atoms with Crippen molar-refractivity contribution in [3.63, 3.8) is 0 Å². The number of carboxylic acids is 1. The number of ketones is 1. The van der Waals surface area contributed by atoms with E-state index in [2.05, 4.69) is 0 Å². The molecule has 1 rings (SSSR count). The smallest absolute Gasteiger partial charge is 0.307 e. The number of carboxylic acid groups (broad SMARTS) is 1. The predicted octanol–water partition coefficient (Wildman–Crippen LogP) is 1.86. The van der Waals surface area contributed by atoms with E-state index in [1.54, 1.807) is 6.92 Å². The predicted molar refractivity (Wildman–Crippen MR) is 48.4 cm³/mol. The Bertz CT molecular complexity index is 210. The SMILES string of the molecule is CCC(=O)[C@@H]1CCCC[C@@H]1C(=O)O. The zero-order chi connectivity index (χ0) is 9.84. The van der Waals surface area contributed by atoms with Crippen molar-refractivity contribution < 1.29 is 14.7 Å². The van der Waals surface area contributed by atoms with E-state index < -0.39 is 11.9 Å². The fraction of sp³-hybridized carbons (Fsp3) is 0.800. The average molecular weight is 184 g/mol. The highest BCUT2D eigenvalue weighted by Crippen LogP contribution is 2.31. The Balaban J connectivity index is 2.67. The van der Waals surface area contributed by atoms with Crippen LogP contribution in [0.1, 0.15) is 39.0 Å². The number of carbonyl (C=O) groups excluding carboxylic acids is 1. The molecule has 0 aliphatic heterocycles. The second kappa shape index (κ2) is 4.40. The molecule has 13 heavy (non-hydrogen) atoms. The molecule has 0 amide bonds. The van der Waals surface area contributed by atoms with Crippen molar-refractivity contribution in [1.29, 1.82) is 0 Å². The first-order valence-electron chi connectivity index (χ1n) is 4.92. The van der Waals surface area contributed by atoms with Crippen LogP contribution in [0.15, 0.2) is 0 Å². The molecule has 0 bridgehead atoms. The zero-order valence-electron chi connectivity index (χ0n) is 7.95. The fourth-order valence-electron chi connectivity index (χ4n) is 2.07. The molecule has 3 heteroatoms. The van der Waals surface area contributed by atoms with Gasteiger partial charge in [-0.3, -0.25) is 9.59 Å². The van der Waals surface area contributed by atoms with Crippen molar-refractivity contribution in [3.8, 4) is 0 Å². The Morgan fingerprint density at radius 1 is 1.23 bits per heavy atom. The highest BCUT2D eigenvalue weighted by atomic mass is 16.4. The Labute approximate surface area is 78.1 Å². The van der Waals surface area contributed by atoms with Crippen molar-refractivity contribution in [2.75, 3.05) is 0 Å². The van der Waals surface area contributed by atoms with Crippen LogP contribution in [0.5, 0.6) is 0 Å². The highest BCUT2D eigenvalue weighted by Gasteiger charge is 2.34. The first-order valence-corrected chi connectivity index (χ1v) is 4.92. The lowest BCUT2D eigenvalue weighted by atomic mass is 9.76. The molecule has 1 aliphatic rings. The lowest BCUT2D eigenvalue weighted by molar-refractivity contribution is -0.148. The minimum Gasteiger partial charge on any atom is -0.481 e. The monoisotopic (exact) mass is 184 g/mol. The van der Waals surface area contributed by atoms with Crippen molar-refractivity contribution in [1.82, 2.24) is 0 Å². The summed E-state index contributed by atoms with van der Waals surface area (Å²) in [6, 6.07) is 0. The van der Waals surface area contributed by atoms with Gasteiger partial charge in [0.1, 0.15) is 5.78 Å². The van der Waals surface area contributed by atoms with E-state index in [0.717, 1.165) is 19.3 Å². The van der Waals surface area contributed by atoms with Gasteiger partial charge in [-0.2, -0.15) is 0 Å². The summed E-state index contributed by atoms with van der Waals surface area (Å²) in [5.41, 5.74) is 0. The maximum Gasteiger partial charge on any atom is 0.307 e. The molecule has 1 saturated carbocycles. The van der Waals surface area contributed by atoms with Gasteiger partial charge in [-0.1, -0.05) is 19.8 Å². The summed E-state index contributed by atoms with van der Waals surface area (Å²) < 4.78 is 0. The highest BCUT2D eigenvalue weighted by molar-refractivity contribution is 5.86. The van der Waals surface area contributed by atoms with Crippen molar-refractivity contribution in [2.24, 2.45) is 11.8 Å². The van der Waals surface area contributed by atoms with Crippen LogP contribution in [0.4, 0.5) is 0 Å². The minimum atomic E-state index is -0.800. The maximum atomic E-state index is 11.4. The molecule has 0 spiro atoms. The van der Waals surface area contributed by atoms with Crippen molar-refractivity contribution in [2.45, 2.75) is 39.0 Å². The van der Waals surface area contributed by atoms with Crippen LogP contribution in [0.3, 0.4) is 0 Å². The van der Waals surface area contributed by atoms with Gasteiger partial charge in [0.2, 0.25) is 0 Å². The van der Waals surface area contributed by atoms with Gasteiger partial charge in [-0.25, -0.2) is 0 Å². The quantitative estimate of drug-likeness (QED) is 0.728. The van der Waals surface area contributed by atoms with Gasteiger partial charge in [-0.05, 0) is 12.8 Å². The van der Waals surface area contributed by atoms with Crippen LogP contribution >= 0.6 is 0 Å². The number of rotatable bonds is 3. The fourth-order valence-corrected chi connectivity index (χ4v) is 2.07. The first-order chi connectivity index (χ1) is 6.16. The molecule has 3 nitrogen and oxygen atoms in total. The van der Waals surface area contributed by atoms with E-state index in [1.165, 1.54) is 0 Å². The molecule has 0 heterocycles. The summed E-state index contributed by atoms with van der Waals surface area (Å²) in [5.74, 6) is -1.31. The molecule has 1 fully saturated rings. The van der Waals surface area contributed by atoms with Crippen LogP contribution in [-0.2, 0) is 9.59 Å². The number of hydrogen-bond acceptors (Lipinski definition) is 2. The third-order valence-electron chi connectivity index (χ3n) is 2.85. The number of aliphatic carboxylic acids is 1. The first kappa shape index (κ1) is 10.2. The van der Waals surface area contributed by atoms with Crippen LogP contribution in [0.25, 0.3) is 0 Å². The van der Waals surface area contributed by atoms with Gasteiger partial charge in [0.25, 0.3) is 0 Å². The van der Waals surface area contributed by atoms with Gasteiger partial charge in [0.15, 0.2) is 0 Å². The molecule has 0 unspecified atom stereocenters. The number of carbonyl (C=O) groups is 2. The molecule has 0 radical (unpaired) electrons. The summed E-state index contributed by atoms with van der Waals surface area (Å²) in [6.07, 6.45) is 3.86. The number of hydrogen-bond donors (Lipinski definition) is 1. The van der Waals surface area contributed by atoms with E-state index in [9.17, 15) is 9.59 Å². The van der Waals surface area contributed by atoms with Gasteiger partial charge in [-0.15, -0.1) is 0 Å². The lowest BCUT2D eigenvalue weighted by Gasteiger charge is -2.26. The molecule has 0 saturated heterocycles. The van der Waals surface area contributed by atoms with Crippen LogP contribution in [0, 0.1) is 11.8 Å². The summed E-state index contributed by atoms with van der Waals surface area (Å²) in [6.45, 7) is 1.80. The van der Waals surface area contributed by atoms with E-state index >= 15 is 0 Å². The minimum absolute atomic E-state index is 0.118. The van der Waals surface area contributed by atoms with E-state index in [1.807, 2.05) is 0 Å². The van der Waals surface area contributed by atoms with Crippen LogP contribution in [0.2, 0.25) is 0 Å². The Morgan fingerprint density at radius 3 is 2.23 bits per heavy atom. The molecule has 0 aromatic rings. The molecule has 74 valence electrons. The Morgan fingerprint density at radius 2 is 1.77 bits per heavy atom. The topological polar surface area (TPSA) is 54.4 Å². The zero-order valence-corrected chi connectivity index (χ0v) is 7.95. The standard InChI is InChI=1S/C10H16O3/c1-2-9(11)7-5-3-4-6-8(7)10(12)13/h7-8H,2-6H2,1H3,(H,12,13)/t7-,8+/m1/s1. The summed E-state index contributed by atoms with van der Waals surface area (Å²) in [5, 5.41) is 8.90. The average Bonchev–Trinajstić information content (AvgIpc) is 2.16. The molecule has 0 aromatic carbocycles. The summed E-state index contributed by atoms with van der Waals surface area (Å²) in [4.78, 5) is 22.3. The molecule has 2 atom stereocenters.